The first kappa shape index (κ1) is 29.5. The molecule has 2 aromatic carbocycles. The van der Waals surface area contributed by atoms with Crippen LogP contribution < -0.4 is 20.3 Å². The van der Waals surface area contributed by atoms with Gasteiger partial charge in [-0.25, -0.2) is 18.0 Å². The maximum atomic E-state index is 16.8. The number of carbonyl (C=O) groups excluding carboxylic acids is 1. The molecule has 3 N–H and O–H groups in total. The quantitative estimate of drug-likeness (QED) is 0.261. The Hall–Kier alpha value is -3.91. The van der Waals surface area contributed by atoms with Gasteiger partial charge in [0.25, 0.3) is 0 Å². The van der Waals surface area contributed by atoms with Crippen molar-refractivity contribution in [3.8, 4) is 23.0 Å². The van der Waals surface area contributed by atoms with Crippen molar-refractivity contribution in [3.63, 3.8) is 0 Å². The average molecular weight is 699 g/mol. The largest absolute Gasteiger partial charge is 0.508 e. The lowest BCUT2D eigenvalue weighted by Crippen LogP contribution is -2.56. The summed E-state index contributed by atoms with van der Waals surface area (Å²) in [4.78, 5) is 30.0. The first-order chi connectivity index (χ1) is 22.1. The zero-order valence-electron chi connectivity index (χ0n) is 24.8. The van der Waals surface area contributed by atoms with Gasteiger partial charge in [-0.05, 0) is 71.7 Å². The molecule has 0 bridgehead atoms. The second kappa shape index (κ2) is 10.8. The highest BCUT2D eigenvalue weighted by molar-refractivity contribution is 9.10. The maximum absolute atomic E-state index is 16.8. The third kappa shape index (κ3) is 4.79. The Labute approximate surface area is 270 Å². The molecule has 2 aromatic heterocycles. The number of carbonyl (C=O) groups is 1. The summed E-state index contributed by atoms with van der Waals surface area (Å²) >= 11 is 3.29. The Morgan fingerprint density at radius 1 is 1.15 bits per heavy atom. The van der Waals surface area contributed by atoms with E-state index in [1.165, 1.54) is 30.5 Å². The van der Waals surface area contributed by atoms with Gasteiger partial charge >= 0.3 is 12.0 Å². The fourth-order valence-electron chi connectivity index (χ4n) is 7.87. The van der Waals surface area contributed by atoms with E-state index in [0.29, 0.717) is 54.6 Å². The molecule has 4 aromatic rings. The van der Waals surface area contributed by atoms with Crippen molar-refractivity contribution in [2.45, 2.75) is 49.4 Å². The Morgan fingerprint density at radius 3 is 2.83 bits per heavy atom. The second-order valence-corrected chi connectivity index (χ2v) is 13.7. The van der Waals surface area contributed by atoms with Gasteiger partial charge in [0.1, 0.15) is 41.4 Å². The van der Waals surface area contributed by atoms with Gasteiger partial charge in [-0.3, -0.25) is 9.88 Å². The number of fused-ring (bicyclic) bond motifs is 3. The normalized spacial score (nSPS) is 26.2. The summed E-state index contributed by atoms with van der Waals surface area (Å²) in [5.41, 5.74) is -0.988. The molecule has 3 atom stereocenters. The topological polar surface area (TPSA) is 116 Å². The van der Waals surface area contributed by atoms with Crippen molar-refractivity contribution >= 4 is 49.5 Å². The number of phenolic OH excluding ortho intramolecular Hbond substituents is 1. The lowest BCUT2D eigenvalue weighted by molar-refractivity contribution is 0.107. The van der Waals surface area contributed by atoms with Crippen LogP contribution in [0.25, 0.3) is 32.9 Å². The first-order valence-corrected chi connectivity index (χ1v) is 16.2. The minimum atomic E-state index is -0.941. The van der Waals surface area contributed by atoms with Crippen molar-refractivity contribution < 1.29 is 27.8 Å². The highest BCUT2D eigenvalue weighted by Crippen LogP contribution is 2.43. The van der Waals surface area contributed by atoms with E-state index in [1.54, 1.807) is 0 Å². The van der Waals surface area contributed by atoms with Crippen LogP contribution in [0.3, 0.4) is 0 Å². The van der Waals surface area contributed by atoms with Crippen LogP contribution in [-0.2, 0) is 0 Å². The van der Waals surface area contributed by atoms with Crippen LogP contribution >= 0.6 is 15.9 Å². The fourth-order valence-corrected chi connectivity index (χ4v) is 8.44. The van der Waals surface area contributed by atoms with Crippen LogP contribution in [0.2, 0.25) is 0 Å². The molecule has 1 unspecified atom stereocenters. The Kier molecular flexibility index (Phi) is 6.94. The molecule has 4 aliphatic rings. The zero-order chi connectivity index (χ0) is 31.8. The summed E-state index contributed by atoms with van der Waals surface area (Å²) in [5.74, 6) is -1.07. The van der Waals surface area contributed by atoms with Gasteiger partial charge in [-0.1, -0.05) is 6.07 Å². The number of nitrogens with one attached hydrogen (secondary N) is 2. The van der Waals surface area contributed by atoms with E-state index in [0.717, 1.165) is 32.2 Å². The molecule has 14 heteroatoms. The summed E-state index contributed by atoms with van der Waals surface area (Å²) in [6, 6.07) is 5.28. The number of phenols is 1. The molecular weight excluding hydrogens is 667 g/mol. The molecule has 0 aliphatic carbocycles. The van der Waals surface area contributed by atoms with E-state index < -0.39 is 28.9 Å². The van der Waals surface area contributed by atoms with Crippen LogP contribution in [0.15, 0.2) is 34.9 Å². The molecule has 46 heavy (non-hydrogen) atoms. The third-order valence-corrected chi connectivity index (χ3v) is 10.7. The van der Waals surface area contributed by atoms with Crippen molar-refractivity contribution in [2.24, 2.45) is 0 Å². The number of halogens is 4. The summed E-state index contributed by atoms with van der Waals surface area (Å²) < 4.78 is 52.3. The van der Waals surface area contributed by atoms with Crippen molar-refractivity contribution in [3.05, 3.63) is 46.6 Å². The van der Waals surface area contributed by atoms with Gasteiger partial charge in [0, 0.05) is 49.7 Å². The van der Waals surface area contributed by atoms with Gasteiger partial charge < -0.3 is 25.4 Å². The zero-order valence-corrected chi connectivity index (χ0v) is 26.3. The van der Waals surface area contributed by atoms with Crippen molar-refractivity contribution in [2.75, 3.05) is 44.2 Å². The molecule has 6 heterocycles. The van der Waals surface area contributed by atoms with Crippen molar-refractivity contribution in [1.29, 1.82) is 0 Å². The van der Waals surface area contributed by atoms with Crippen molar-refractivity contribution in [1.82, 2.24) is 30.5 Å². The monoisotopic (exact) mass is 697 g/mol. The highest BCUT2D eigenvalue weighted by Gasteiger charge is 2.49. The van der Waals surface area contributed by atoms with E-state index in [2.05, 4.69) is 41.4 Å². The summed E-state index contributed by atoms with van der Waals surface area (Å²) in [7, 11) is 0. The van der Waals surface area contributed by atoms with E-state index in [9.17, 15) is 18.7 Å². The van der Waals surface area contributed by atoms with Crippen LogP contribution in [0.5, 0.6) is 11.8 Å². The number of rotatable bonds is 5. The average Bonchev–Trinajstić information content (AvgIpc) is 3.68. The number of urea groups is 1. The smallest absolute Gasteiger partial charge is 0.319 e. The number of anilines is 1. The van der Waals surface area contributed by atoms with Gasteiger partial charge in [0.15, 0.2) is 5.82 Å². The molecule has 0 saturated carbocycles. The molecule has 4 saturated heterocycles. The lowest BCUT2D eigenvalue weighted by Gasteiger charge is -2.40. The van der Waals surface area contributed by atoms with E-state index in [-0.39, 0.29) is 45.6 Å². The highest BCUT2D eigenvalue weighted by atomic mass is 79.9. The summed E-state index contributed by atoms with van der Waals surface area (Å²) in [5, 5.41) is 17.6. The number of piperidine rings is 1. The standard InChI is InChI=1S/C32H31BrF3N7O3/c33-24-22(35)4-3-17-9-19(44)10-20(23(17)24)26-25(36)27-21(12-37-26)28(42-7-1-5-31(15-42)14-38-29(45)41-31)40-30(39-27)46-16-32-6-2-8-43(32)13-18(34)11-32/h3-4,9-10,12,18,44H,1-2,5-8,11,13-16H2,(H2,38,41,45)/t18-,31?,32+/m1/s1. The minimum Gasteiger partial charge on any atom is -0.508 e. The molecule has 4 fully saturated rings. The van der Waals surface area contributed by atoms with Crippen LogP contribution in [-0.4, -0.2) is 87.6 Å². The van der Waals surface area contributed by atoms with E-state index in [1.807, 2.05) is 4.90 Å². The predicted octanol–water partition coefficient (Wildman–Crippen LogP) is 5.20. The van der Waals surface area contributed by atoms with Gasteiger partial charge in [0.05, 0.1) is 20.9 Å². The van der Waals surface area contributed by atoms with Crippen LogP contribution in [0, 0.1) is 11.6 Å². The Balaban J connectivity index is 1.26. The molecule has 10 nitrogen and oxygen atoms in total. The van der Waals surface area contributed by atoms with Gasteiger partial charge in [-0.2, -0.15) is 9.97 Å². The number of hydrogen-bond donors (Lipinski definition) is 3. The number of hydrogen-bond acceptors (Lipinski definition) is 8. The number of pyridine rings is 1. The number of nitrogens with zero attached hydrogens (tertiary/aromatic N) is 5. The maximum Gasteiger partial charge on any atom is 0.319 e. The van der Waals surface area contributed by atoms with E-state index in [4.69, 9.17) is 9.72 Å². The number of aromatic hydroxyl groups is 1. The molecule has 8 rings (SSSR count). The summed E-state index contributed by atoms with van der Waals surface area (Å²) in [6.07, 6.45) is 4.13. The van der Waals surface area contributed by atoms with Crippen LogP contribution in [0.1, 0.15) is 32.1 Å². The second-order valence-electron chi connectivity index (χ2n) is 12.9. The number of alkyl halides is 1. The van der Waals surface area contributed by atoms with E-state index >= 15 is 4.39 Å². The Bertz CT molecular complexity index is 1920. The molecular formula is C32H31BrF3N7O3. The molecule has 1 spiro atoms. The lowest BCUT2D eigenvalue weighted by atomic mass is 9.90. The molecule has 2 amide bonds. The number of amides is 2. The SMILES string of the molecule is O=C1NCC2(CCCN(c3nc(OC[C@@]45CCCN4C[C@H](F)C5)nc4c(F)c(-c5cc(O)cc6ccc(F)c(Br)c56)ncc34)C2)N1. The predicted molar refractivity (Wildman–Crippen MR) is 169 cm³/mol. The molecule has 4 aliphatic heterocycles. The summed E-state index contributed by atoms with van der Waals surface area (Å²) in [6.45, 7) is 2.78. The number of ether oxygens (including phenoxy) is 1. The fraction of sp³-hybridized carbons (Fsp3) is 0.438. The number of benzene rings is 2. The van der Waals surface area contributed by atoms with Gasteiger partial charge in [0.2, 0.25) is 0 Å². The first-order valence-electron chi connectivity index (χ1n) is 15.4. The van der Waals surface area contributed by atoms with Gasteiger partial charge in [-0.15, -0.1) is 0 Å². The number of aromatic nitrogens is 3. The van der Waals surface area contributed by atoms with Crippen LogP contribution in [0.4, 0.5) is 23.8 Å². The molecule has 0 radical (unpaired) electrons. The third-order valence-electron chi connectivity index (χ3n) is 9.96. The molecule has 240 valence electrons. The minimum absolute atomic E-state index is 0.0525. The Morgan fingerprint density at radius 2 is 2.00 bits per heavy atom.